The summed E-state index contributed by atoms with van der Waals surface area (Å²) in [6, 6.07) is 100. The molecule has 0 saturated heterocycles. The monoisotopic (exact) mass is 1280 g/mol. The van der Waals surface area contributed by atoms with Crippen LogP contribution < -0.4 is 0 Å². The van der Waals surface area contributed by atoms with Crippen LogP contribution >= 0.6 is 0 Å². The van der Waals surface area contributed by atoms with E-state index in [9.17, 15) is 0 Å². The molecule has 4 aliphatic heterocycles. The fourth-order valence-corrected chi connectivity index (χ4v) is 18.8. The Morgan fingerprint density at radius 1 is 0.230 bits per heavy atom. The second-order valence-electron chi connectivity index (χ2n) is 30.3. The van der Waals surface area contributed by atoms with Crippen LogP contribution in [0.2, 0.25) is 0 Å². The molecule has 0 amide bonds. The highest BCUT2D eigenvalue weighted by molar-refractivity contribution is 6.16. The lowest BCUT2D eigenvalue weighted by atomic mass is 9.74. The summed E-state index contributed by atoms with van der Waals surface area (Å²) in [5, 5.41) is 20.2. The van der Waals surface area contributed by atoms with Gasteiger partial charge in [0.2, 0.25) is 0 Å². The second-order valence-corrected chi connectivity index (χ2v) is 30.3. The summed E-state index contributed by atoms with van der Waals surface area (Å²) in [5.74, 6) is 0. The van der Waals surface area contributed by atoms with E-state index in [0.717, 1.165) is 45.0 Å². The average Bonchev–Trinajstić information content (AvgIpc) is 1.50. The highest BCUT2D eigenvalue weighted by Gasteiger charge is 2.40. The van der Waals surface area contributed by atoms with Crippen LogP contribution in [-0.4, -0.2) is 33.4 Å². The first-order valence-corrected chi connectivity index (χ1v) is 35.2. The summed E-state index contributed by atoms with van der Waals surface area (Å²) >= 11 is 0. The van der Waals surface area contributed by atoms with E-state index in [0.29, 0.717) is 0 Å². The molecule has 0 unspecified atom stereocenters. The van der Waals surface area contributed by atoms with E-state index in [2.05, 4.69) is 347 Å². The second kappa shape index (κ2) is 19.9. The van der Waals surface area contributed by atoms with E-state index in [-0.39, 0.29) is 21.7 Å². The van der Waals surface area contributed by atoms with Gasteiger partial charge in [-0.3, -0.25) is 0 Å². The van der Waals surface area contributed by atoms with E-state index in [1.54, 1.807) is 0 Å². The maximum Gasteiger partial charge on any atom is 0.0951 e. The van der Waals surface area contributed by atoms with Crippen LogP contribution in [0.4, 0.5) is 0 Å². The topological polar surface area (TPSA) is 58.4 Å². The molecule has 7 heteroatoms. The van der Waals surface area contributed by atoms with Crippen molar-refractivity contribution in [3.8, 4) is 67.8 Å². The van der Waals surface area contributed by atoms with Crippen LogP contribution in [-0.2, 0) is 21.7 Å². The highest BCUT2D eigenvalue weighted by Crippen LogP contribution is 2.54. The molecule has 0 spiro atoms. The zero-order chi connectivity index (χ0) is 67.0. The van der Waals surface area contributed by atoms with Gasteiger partial charge in [0.15, 0.2) is 0 Å². The number of para-hydroxylation sites is 9. The van der Waals surface area contributed by atoms with Gasteiger partial charge in [0, 0.05) is 87.0 Å². The van der Waals surface area contributed by atoms with Crippen LogP contribution in [0.15, 0.2) is 273 Å². The van der Waals surface area contributed by atoms with Gasteiger partial charge < -0.3 is 18.3 Å². The third kappa shape index (κ3) is 7.45. The number of rotatable bonds is 4. The van der Waals surface area contributed by atoms with E-state index in [1.807, 2.05) is 0 Å². The number of nitrogens with zero attached hydrogens (tertiary/aromatic N) is 7. The third-order valence-electron chi connectivity index (χ3n) is 23.7. The fraction of sp³-hybridized carbons (Fsp3) is 0.129. The maximum absolute atomic E-state index is 5.34. The lowest BCUT2D eigenvalue weighted by molar-refractivity contribution is 0.630. The average molecular weight is 1280 g/mol. The summed E-state index contributed by atoms with van der Waals surface area (Å²) < 4.78 is 9.90. The molecule has 0 radical (unpaired) electrons. The van der Waals surface area contributed by atoms with Crippen LogP contribution in [0, 0.1) is 0 Å². The highest BCUT2D eigenvalue weighted by atomic mass is 15.1. The largest absolute Gasteiger partial charge is 0.309 e. The van der Waals surface area contributed by atoms with Gasteiger partial charge in [0.05, 0.1) is 89.7 Å². The molecule has 10 heterocycles. The third-order valence-corrected chi connectivity index (χ3v) is 23.7. The summed E-state index contributed by atoms with van der Waals surface area (Å²) in [5.41, 5.74) is 33.4. The number of benzene rings is 12. The van der Waals surface area contributed by atoms with Crippen molar-refractivity contribution in [2.45, 2.75) is 77.0 Å². The van der Waals surface area contributed by atoms with E-state index >= 15 is 0 Å². The number of pyridine rings is 1. The molecule has 4 aliphatic rings. The summed E-state index contributed by atoms with van der Waals surface area (Å²) in [6.07, 6.45) is 0. The molecule has 0 bridgehead atoms. The van der Waals surface area contributed by atoms with Gasteiger partial charge in [-0.2, -0.15) is 0 Å². The molecule has 12 aromatic carbocycles. The standard InChI is InChI=1S/C47H35N3.C46H34N4/c1-46(2)34-15-6-8-21-41(34)50-42-26-28(22-24-31(42)33-14-10-17-37(46)45(33)50)38-18-11-19-39(48-38)29-23-25-35-43(27-29)49-40-20-7-5-12-30(40)32-13-9-16-36(44(32)49)47(35,3)4;1-45(2)33-23-22-27(26-41(33)49-39-20-7-5-12-28(39)30-14-9-17-34(45)42(30)49)37-24-25-38(48-47-37)32-16-11-19-36-44(32)50-40-21-8-6-13-29(40)31-15-10-18-35(43(31)50)46(36,3)4/h5-27H,1-4H3;5-26H,1-4H3. The van der Waals surface area contributed by atoms with Gasteiger partial charge >= 0.3 is 0 Å². The quantitative estimate of drug-likeness (QED) is 0.176. The summed E-state index contributed by atoms with van der Waals surface area (Å²) in [4.78, 5) is 5.34. The van der Waals surface area contributed by atoms with Crippen molar-refractivity contribution in [3.05, 3.63) is 317 Å². The Hall–Kier alpha value is -11.9. The molecule has 7 nitrogen and oxygen atoms in total. The van der Waals surface area contributed by atoms with Gasteiger partial charge in [-0.1, -0.05) is 262 Å². The normalized spacial score (nSPS) is 15.1. The molecular formula is C93H69N7. The Balaban J connectivity index is 0.000000131. The van der Waals surface area contributed by atoms with Crippen LogP contribution in [0.3, 0.4) is 0 Å². The van der Waals surface area contributed by atoms with Crippen molar-refractivity contribution < 1.29 is 0 Å². The summed E-state index contributed by atoms with van der Waals surface area (Å²) in [7, 11) is 0. The maximum atomic E-state index is 5.34. The Kier molecular flexibility index (Phi) is 11.4. The lowest BCUT2D eigenvalue weighted by Gasteiger charge is -2.35. The molecule has 0 fully saturated rings. The Morgan fingerprint density at radius 3 is 1.10 bits per heavy atom. The van der Waals surface area contributed by atoms with Crippen LogP contribution in [0.5, 0.6) is 0 Å². The fourth-order valence-electron chi connectivity index (χ4n) is 18.8. The minimum atomic E-state index is -0.174. The smallest absolute Gasteiger partial charge is 0.0951 e. The molecule has 0 aliphatic carbocycles. The predicted molar refractivity (Wildman–Crippen MR) is 414 cm³/mol. The zero-order valence-corrected chi connectivity index (χ0v) is 57.1. The Bertz CT molecular complexity index is 6650. The van der Waals surface area contributed by atoms with Gasteiger partial charge in [-0.25, -0.2) is 4.98 Å². The van der Waals surface area contributed by atoms with E-state index in [1.165, 1.54) is 154 Å². The molecule has 18 aromatic rings. The Labute approximate surface area is 579 Å². The molecule has 0 atom stereocenters. The predicted octanol–water partition coefficient (Wildman–Crippen LogP) is 23.2. The summed E-state index contributed by atoms with van der Waals surface area (Å²) in [6.45, 7) is 18.8. The van der Waals surface area contributed by atoms with Crippen LogP contribution in [0.1, 0.15) is 99.9 Å². The molecule has 0 saturated carbocycles. The number of hydrogen-bond acceptors (Lipinski definition) is 3. The molecule has 476 valence electrons. The SMILES string of the molecule is CC1(C)c2ccc(-c3ccc(-c4cccc5c4-n4c6ccccc6c6cccc(c64)C5(C)C)nn3)cc2-n2c3ccccc3c3cccc1c32.CC1(C)c2ccc(-c3cccc(-c4ccc5c6cccc7c6n(c5c4)-c4ccccc4C7(C)C)n3)cc2-n2c3ccccc3c3cccc1c32. The van der Waals surface area contributed by atoms with Gasteiger partial charge in [-0.15, -0.1) is 10.2 Å². The van der Waals surface area contributed by atoms with Gasteiger partial charge in [-0.05, 0) is 111 Å². The van der Waals surface area contributed by atoms with Gasteiger partial charge in [0.25, 0.3) is 0 Å². The van der Waals surface area contributed by atoms with Crippen molar-refractivity contribution in [3.63, 3.8) is 0 Å². The number of fused-ring (bicyclic) bond motifs is 20. The minimum Gasteiger partial charge on any atom is -0.309 e. The van der Waals surface area contributed by atoms with Crippen molar-refractivity contribution in [1.29, 1.82) is 0 Å². The van der Waals surface area contributed by atoms with E-state index in [4.69, 9.17) is 15.2 Å². The molecule has 100 heavy (non-hydrogen) atoms. The van der Waals surface area contributed by atoms with E-state index < -0.39 is 0 Å². The van der Waals surface area contributed by atoms with Crippen molar-refractivity contribution in [2.75, 3.05) is 0 Å². The van der Waals surface area contributed by atoms with Crippen molar-refractivity contribution in [1.82, 2.24) is 33.4 Å². The lowest BCUT2D eigenvalue weighted by Crippen LogP contribution is -2.26. The molecule has 22 rings (SSSR count). The molecular weight excluding hydrogens is 1220 g/mol. The van der Waals surface area contributed by atoms with Crippen molar-refractivity contribution >= 4 is 87.2 Å². The van der Waals surface area contributed by atoms with Crippen LogP contribution in [0.25, 0.3) is 155 Å². The zero-order valence-electron chi connectivity index (χ0n) is 57.1. The molecule has 0 N–H and O–H groups in total. The first-order valence-electron chi connectivity index (χ1n) is 35.2. The first-order chi connectivity index (χ1) is 48.7. The molecule has 6 aromatic heterocycles. The van der Waals surface area contributed by atoms with Crippen molar-refractivity contribution in [2.24, 2.45) is 0 Å². The van der Waals surface area contributed by atoms with Gasteiger partial charge in [0.1, 0.15) is 0 Å². The first kappa shape index (κ1) is 57.2. The Morgan fingerprint density at radius 2 is 0.580 bits per heavy atom. The number of aromatic nitrogens is 7. The number of hydrogen-bond donors (Lipinski definition) is 0. The minimum absolute atomic E-state index is 0.0793.